The molecule has 2 aliphatic rings. The number of piperazine rings is 1. The number of carbonyl (C=O) groups excluding carboxylic acids is 1. The highest BCUT2D eigenvalue weighted by Gasteiger charge is 2.23. The zero-order chi connectivity index (χ0) is 19.7. The molecule has 2 aromatic rings. The minimum Gasteiger partial charge on any atom is -0.369 e. The lowest BCUT2D eigenvalue weighted by Crippen LogP contribution is -2.44. The van der Waals surface area contributed by atoms with E-state index in [4.69, 9.17) is 0 Å². The first-order valence-corrected chi connectivity index (χ1v) is 10.2. The van der Waals surface area contributed by atoms with E-state index >= 15 is 0 Å². The normalized spacial score (nSPS) is 18.0. The van der Waals surface area contributed by atoms with E-state index in [0.717, 1.165) is 56.5 Å². The molecule has 1 aromatic heterocycles. The molecule has 1 aromatic carbocycles. The number of likely N-dealkylation sites (N-methyl/N-ethyl adjacent to an activating group) is 1. The highest BCUT2D eigenvalue weighted by molar-refractivity contribution is 6.06. The summed E-state index contributed by atoms with van der Waals surface area (Å²) >= 11 is 0. The van der Waals surface area contributed by atoms with E-state index < -0.39 is 0 Å². The molecule has 0 saturated carbocycles. The number of anilines is 3. The molecule has 7 nitrogen and oxygen atoms in total. The number of nitrogens with one attached hydrogen (secondary N) is 1. The first-order valence-electron chi connectivity index (χ1n) is 10.2. The van der Waals surface area contributed by atoms with Crippen molar-refractivity contribution in [2.45, 2.75) is 19.8 Å². The number of carbonyl (C=O) groups is 1. The van der Waals surface area contributed by atoms with Gasteiger partial charge in [0.05, 0.1) is 5.69 Å². The summed E-state index contributed by atoms with van der Waals surface area (Å²) in [6.07, 6.45) is 2.35. The summed E-state index contributed by atoms with van der Waals surface area (Å²) in [7, 11) is 4.08. The Morgan fingerprint density at radius 2 is 1.57 bits per heavy atom. The average Bonchev–Trinajstić information content (AvgIpc) is 3.33. The first-order chi connectivity index (χ1) is 13.5. The largest absolute Gasteiger partial charge is 0.369 e. The summed E-state index contributed by atoms with van der Waals surface area (Å²) in [6, 6.07) is 7.95. The minimum atomic E-state index is -0.0820. The monoisotopic (exact) mass is 382 g/mol. The number of nitrogens with zero attached hydrogens (tertiary/aromatic N) is 5. The summed E-state index contributed by atoms with van der Waals surface area (Å²) in [6.45, 7) is 8.19. The Hall–Kier alpha value is -2.54. The van der Waals surface area contributed by atoms with Crippen LogP contribution in [0.2, 0.25) is 0 Å². The Kier molecular flexibility index (Phi) is 5.26. The van der Waals surface area contributed by atoms with Crippen LogP contribution in [0.3, 0.4) is 0 Å². The SMILES string of the molecule is Cc1c(NC(=O)c2ccc(N3CCN(C)CC3)cc2)c(N2CCCC2)nn1C. The molecule has 2 saturated heterocycles. The summed E-state index contributed by atoms with van der Waals surface area (Å²) < 4.78 is 1.85. The van der Waals surface area contributed by atoms with Crippen LogP contribution in [-0.2, 0) is 7.05 Å². The van der Waals surface area contributed by atoms with Crippen molar-refractivity contribution >= 4 is 23.1 Å². The van der Waals surface area contributed by atoms with E-state index in [1.165, 1.54) is 18.5 Å². The molecule has 28 heavy (non-hydrogen) atoms. The van der Waals surface area contributed by atoms with Gasteiger partial charge in [-0.25, -0.2) is 0 Å². The van der Waals surface area contributed by atoms with E-state index in [9.17, 15) is 4.79 Å². The number of amides is 1. The number of hydrogen-bond donors (Lipinski definition) is 1. The third-order valence-corrected chi connectivity index (χ3v) is 5.96. The van der Waals surface area contributed by atoms with Crippen molar-refractivity contribution in [3.63, 3.8) is 0 Å². The van der Waals surface area contributed by atoms with Crippen molar-refractivity contribution in [2.24, 2.45) is 7.05 Å². The van der Waals surface area contributed by atoms with Crippen molar-refractivity contribution in [1.29, 1.82) is 0 Å². The fourth-order valence-electron chi connectivity index (χ4n) is 3.96. The van der Waals surface area contributed by atoms with Crippen LogP contribution in [0, 0.1) is 6.92 Å². The van der Waals surface area contributed by atoms with E-state index in [0.29, 0.717) is 5.56 Å². The van der Waals surface area contributed by atoms with E-state index in [1.54, 1.807) is 0 Å². The van der Waals surface area contributed by atoms with Gasteiger partial charge in [-0.05, 0) is 51.1 Å². The van der Waals surface area contributed by atoms with Gasteiger partial charge < -0.3 is 20.0 Å². The van der Waals surface area contributed by atoms with Gasteiger partial charge in [-0.3, -0.25) is 9.48 Å². The Labute approximate surface area is 166 Å². The topological polar surface area (TPSA) is 56.6 Å². The molecule has 1 N–H and O–H groups in total. The molecule has 2 fully saturated rings. The molecule has 150 valence electrons. The highest BCUT2D eigenvalue weighted by Crippen LogP contribution is 2.31. The van der Waals surface area contributed by atoms with Gasteiger partial charge in [0.15, 0.2) is 5.82 Å². The molecule has 0 atom stereocenters. The lowest BCUT2D eigenvalue weighted by Gasteiger charge is -2.34. The van der Waals surface area contributed by atoms with Crippen LogP contribution in [0.4, 0.5) is 17.2 Å². The molecule has 4 rings (SSSR count). The maximum absolute atomic E-state index is 12.9. The summed E-state index contributed by atoms with van der Waals surface area (Å²) in [4.78, 5) is 19.9. The predicted molar refractivity (Wildman–Crippen MR) is 113 cm³/mol. The third-order valence-electron chi connectivity index (χ3n) is 5.96. The third kappa shape index (κ3) is 3.71. The van der Waals surface area contributed by atoms with Gasteiger partial charge in [-0.2, -0.15) is 5.10 Å². The number of aromatic nitrogens is 2. The Balaban J connectivity index is 1.48. The molecule has 0 spiro atoms. The quantitative estimate of drug-likeness (QED) is 0.880. The van der Waals surface area contributed by atoms with Gasteiger partial charge in [0.1, 0.15) is 5.69 Å². The molecular weight excluding hydrogens is 352 g/mol. The van der Waals surface area contributed by atoms with Gasteiger partial charge >= 0.3 is 0 Å². The van der Waals surface area contributed by atoms with Crippen LogP contribution >= 0.6 is 0 Å². The molecule has 2 aliphatic heterocycles. The molecule has 7 heteroatoms. The van der Waals surface area contributed by atoms with E-state index in [1.807, 2.05) is 30.8 Å². The van der Waals surface area contributed by atoms with Crippen LogP contribution in [0.15, 0.2) is 24.3 Å². The standard InChI is InChI=1S/C21H30N6O/c1-16-19(20(23-25(16)3)27-10-4-5-11-27)22-21(28)17-6-8-18(9-7-17)26-14-12-24(2)13-15-26/h6-9H,4-5,10-15H2,1-3H3,(H,22,28). The maximum atomic E-state index is 12.9. The second-order valence-electron chi connectivity index (χ2n) is 7.89. The number of benzene rings is 1. The molecular formula is C21H30N6O. The highest BCUT2D eigenvalue weighted by atomic mass is 16.1. The van der Waals surface area contributed by atoms with Gasteiger partial charge in [-0.15, -0.1) is 0 Å². The van der Waals surface area contributed by atoms with E-state index in [2.05, 4.69) is 44.3 Å². The molecule has 0 aliphatic carbocycles. The molecule has 0 radical (unpaired) electrons. The minimum absolute atomic E-state index is 0.0820. The second-order valence-corrected chi connectivity index (χ2v) is 7.89. The average molecular weight is 383 g/mol. The fraction of sp³-hybridized carbons (Fsp3) is 0.524. The lowest BCUT2D eigenvalue weighted by atomic mass is 10.1. The molecule has 0 unspecified atom stereocenters. The molecule has 3 heterocycles. The summed E-state index contributed by atoms with van der Waals surface area (Å²) in [5.41, 5.74) is 3.66. The number of aryl methyl sites for hydroxylation is 1. The predicted octanol–water partition coefficient (Wildman–Crippen LogP) is 2.33. The smallest absolute Gasteiger partial charge is 0.255 e. The zero-order valence-electron chi connectivity index (χ0n) is 17.1. The Morgan fingerprint density at radius 1 is 0.929 bits per heavy atom. The maximum Gasteiger partial charge on any atom is 0.255 e. The van der Waals surface area contributed by atoms with Crippen molar-refractivity contribution in [3.8, 4) is 0 Å². The second kappa shape index (κ2) is 7.83. The first kappa shape index (κ1) is 18.8. The van der Waals surface area contributed by atoms with Gasteiger partial charge in [-0.1, -0.05) is 0 Å². The summed E-state index contributed by atoms with van der Waals surface area (Å²) in [5.74, 6) is 0.807. The van der Waals surface area contributed by atoms with E-state index in [-0.39, 0.29) is 5.91 Å². The van der Waals surface area contributed by atoms with Crippen molar-refractivity contribution in [3.05, 3.63) is 35.5 Å². The number of hydrogen-bond acceptors (Lipinski definition) is 5. The Bertz CT molecular complexity index is 829. The van der Waals surface area contributed by atoms with Gasteiger partial charge in [0.2, 0.25) is 0 Å². The summed E-state index contributed by atoms with van der Waals surface area (Å²) in [5, 5.41) is 7.75. The zero-order valence-corrected chi connectivity index (χ0v) is 17.1. The van der Waals surface area contributed by atoms with Crippen molar-refractivity contribution in [2.75, 3.05) is 61.4 Å². The molecule has 1 amide bonds. The van der Waals surface area contributed by atoms with Crippen molar-refractivity contribution in [1.82, 2.24) is 14.7 Å². The Morgan fingerprint density at radius 3 is 2.21 bits per heavy atom. The molecule has 0 bridgehead atoms. The van der Waals surface area contributed by atoms with Crippen molar-refractivity contribution < 1.29 is 4.79 Å². The van der Waals surface area contributed by atoms with Crippen LogP contribution in [0.5, 0.6) is 0 Å². The van der Waals surface area contributed by atoms with Crippen LogP contribution in [0.25, 0.3) is 0 Å². The van der Waals surface area contributed by atoms with Gasteiger partial charge in [0.25, 0.3) is 5.91 Å². The lowest BCUT2D eigenvalue weighted by molar-refractivity contribution is 0.102. The van der Waals surface area contributed by atoms with Crippen LogP contribution in [-0.4, -0.2) is 66.9 Å². The van der Waals surface area contributed by atoms with Crippen LogP contribution in [0.1, 0.15) is 28.9 Å². The number of rotatable bonds is 4. The van der Waals surface area contributed by atoms with Gasteiger partial charge in [0, 0.05) is 57.6 Å². The fourth-order valence-corrected chi connectivity index (χ4v) is 3.96. The van der Waals surface area contributed by atoms with Crippen LogP contribution < -0.4 is 15.1 Å².